The van der Waals surface area contributed by atoms with E-state index in [1.165, 1.54) is 53.7 Å². The van der Waals surface area contributed by atoms with Crippen LogP contribution in [0.2, 0.25) is 0 Å². The molecule has 0 saturated carbocycles. The lowest BCUT2D eigenvalue weighted by atomic mass is 10.1. The van der Waals surface area contributed by atoms with Gasteiger partial charge in [0, 0.05) is 54.9 Å². The molecular weight excluding hydrogens is 520 g/mol. The molecule has 0 bridgehead atoms. The molecule has 1 atom stereocenters. The number of nitrogens with one attached hydrogen (secondary N) is 2. The van der Waals surface area contributed by atoms with Gasteiger partial charge in [-0.05, 0) is 42.0 Å². The average Bonchev–Trinajstić information content (AvgIpc) is 2.93. The van der Waals surface area contributed by atoms with Crippen molar-refractivity contribution in [3.8, 4) is 0 Å². The van der Waals surface area contributed by atoms with E-state index in [2.05, 4.69) is 20.8 Å². The Labute approximate surface area is 229 Å². The highest BCUT2D eigenvalue weighted by atomic mass is 32.2. The highest BCUT2D eigenvalue weighted by molar-refractivity contribution is 7.99. The molecule has 7 nitrogen and oxygen atoms in total. The fourth-order valence-corrected chi connectivity index (χ4v) is 4.68. The first-order valence-corrected chi connectivity index (χ1v) is 13.1. The van der Waals surface area contributed by atoms with Gasteiger partial charge in [0.15, 0.2) is 0 Å². The molecule has 39 heavy (non-hydrogen) atoms. The number of thioether (sulfide) groups is 1. The summed E-state index contributed by atoms with van der Waals surface area (Å²) >= 11 is 1.58. The molecule has 200 valence electrons. The maximum absolute atomic E-state index is 14.0. The van der Waals surface area contributed by atoms with Crippen LogP contribution in [0, 0.1) is 11.6 Å². The van der Waals surface area contributed by atoms with Crippen LogP contribution in [-0.4, -0.2) is 53.8 Å². The molecule has 3 aromatic carbocycles. The summed E-state index contributed by atoms with van der Waals surface area (Å²) in [6.07, 6.45) is 2.91. The Hall–Kier alpha value is -4.31. The van der Waals surface area contributed by atoms with Crippen LogP contribution in [0.4, 0.5) is 14.5 Å². The number of carbonyl (C=O) groups is 2. The number of nitrogens with zero attached hydrogens (tertiary/aromatic N) is 3. The van der Waals surface area contributed by atoms with E-state index in [1.54, 1.807) is 31.9 Å². The van der Waals surface area contributed by atoms with Crippen LogP contribution < -0.4 is 10.7 Å². The van der Waals surface area contributed by atoms with E-state index in [1.807, 2.05) is 30.3 Å². The number of hydrogen-bond donors (Lipinski definition) is 2. The second-order valence-electron chi connectivity index (χ2n) is 8.92. The number of rotatable bonds is 10. The Morgan fingerprint density at radius 1 is 1.03 bits per heavy atom. The maximum atomic E-state index is 14.0. The van der Waals surface area contributed by atoms with Gasteiger partial charge >= 0.3 is 0 Å². The molecular formula is C29H27F2N5O2S. The zero-order chi connectivity index (χ0) is 27.8. The van der Waals surface area contributed by atoms with E-state index in [9.17, 15) is 18.4 Å². The highest BCUT2D eigenvalue weighted by Gasteiger charge is 2.22. The SMILES string of the molecule is CN(C)C(=O)CC(CSc1ccccc1)Nc1c(C(=O)N/N=C/c2ccc(F)cc2)cnc2cc(F)ccc12. The number of hydrogen-bond acceptors (Lipinski definition) is 6. The van der Waals surface area contributed by atoms with Crippen LogP contribution >= 0.6 is 11.8 Å². The fourth-order valence-electron chi connectivity index (χ4n) is 3.73. The van der Waals surface area contributed by atoms with Crippen molar-refractivity contribution >= 4 is 46.4 Å². The summed E-state index contributed by atoms with van der Waals surface area (Å²) in [5.74, 6) is -0.943. The second kappa shape index (κ2) is 13.0. The van der Waals surface area contributed by atoms with Gasteiger partial charge in [-0.2, -0.15) is 5.10 Å². The summed E-state index contributed by atoms with van der Waals surface area (Å²) in [4.78, 5) is 32.7. The van der Waals surface area contributed by atoms with Gasteiger partial charge in [0.2, 0.25) is 5.91 Å². The van der Waals surface area contributed by atoms with E-state index < -0.39 is 11.7 Å². The van der Waals surface area contributed by atoms with E-state index in [0.717, 1.165) is 4.90 Å². The Bertz CT molecular complexity index is 1480. The number of aromatic nitrogens is 1. The minimum Gasteiger partial charge on any atom is -0.380 e. The zero-order valence-electron chi connectivity index (χ0n) is 21.4. The number of pyridine rings is 1. The van der Waals surface area contributed by atoms with Gasteiger partial charge in [0.25, 0.3) is 5.91 Å². The molecule has 2 N–H and O–H groups in total. The second-order valence-corrected chi connectivity index (χ2v) is 10.0. The molecule has 10 heteroatoms. The molecule has 2 amide bonds. The van der Waals surface area contributed by atoms with Crippen molar-refractivity contribution in [1.29, 1.82) is 0 Å². The number of carbonyl (C=O) groups excluding carboxylic acids is 2. The average molecular weight is 548 g/mol. The summed E-state index contributed by atoms with van der Waals surface area (Å²) in [5.41, 5.74) is 4.02. The molecule has 0 aliphatic carbocycles. The van der Waals surface area contributed by atoms with E-state index >= 15 is 0 Å². The first kappa shape index (κ1) is 27.7. The van der Waals surface area contributed by atoms with Gasteiger partial charge in [0.05, 0.1) is 23.0 Å². The number of hydrazone groups is 1. The molecule has 4 aromatic rings. The van der Waals surface area contributed by atoms with Crippen molar-refractivity contribution in [2.24, 2.45) is 5.10 Å². The Morgan fingerprint density at radius 2 is 1.74 bits per heavy atom. The molecule has 1 unspecified atom stereocenters. The lowest BCUT2D eigenvalue weighted by Crippen LogP contribution is -2.33. The third-order valence-corrected chi connectivity index (χ3v) is 6.96. The molecule has 0 spiro atoms. The van der Waals surface area contributed by atoms with Gasteiger partial charge in [-0.1, -0.05) is 30.3 Å². The third kappa shape index (κ3) is 7.61. The predicted molar refractivity (Wildman–Crippen MR) is 151 cm³/mol. The first-order chi connectivity index (χ1) is 18.8. The normalized spacial score (nSPS) is 11.9. The van der Waals surface area contributed by atoms with Crippen LogP contribution in [0.1, 0.15) is 22.3 Å². The van der Waals surface area contributed by atoms with Crippen LogP contribution in [0.15, 0.2) is 89.0 Å². The number of halogens is 2. The van der Waals surface area contributed by atoms with Crippen molar-refractivity contribution in [2.45, 2.75) is 17.4 Å². The standard InChI is InChI=1S/C29H27F2N5O2S/c1-36(2)27(37)15-22(18-39-23-6-4-3-5-7-23)34-28-24-13-12-21(31)14-26(24)32-17-25(28)29(38)35-33-16-19-8-10-20(30)11-9-19/h3-14,16-17,22H,15,18H2,1-2H3,(H,32,34)(H,35,38)/b33-16+. The quantitative estimate of drug-likeness (QED) is 0.159. The van der Waals surface area contributed by atoms with Crippen LogP contribution in [0.3, 0.4) is 0 Å². The summed E-state index contributed by atoms with van der Waals surface area (Å²) in [6, 6.07) is 19.2. The van der Waals surface area contributed by atoms with Crippen molar-refractivity contribution in [2.75, 3.05) is 25.2 Å². The first-order valence-electron chi connectivity index (χ1n) is 12.1. The number of benzene rings is 3. The van der Waals surface area contributed by atoms with Crippen LogP contribution in [0.5, 0.6) is 0 Å². The summed E-state index contributed by atoms with van der Waals surface area (Å²) in [6.45, 7) is 0. The monoisotopic (exact) mass is 547 g/mol. The largest absolute Gasteiger partial charge is 0.380 e. The van der Waals surface area contributed by atoms with Crippen molar-refractivity contribution < 1.29 is 18.4 Å². The molecule has 1 aromatic heterocycles. The maximum Gasteiger partial charge on any atom is 0.275 e. The van der Waals surface area contributed by atoms with Gasteiger partial charge in [-0.15, -0.1) is 11.8 Å². The van der Waals surface area contributed by atoms with Gasteiger partial charge in [-0.25, -0.2) is 14.2 Å². The highest BCUT2D eigenvalue weighted by Crippen LogP contribution is 2.29. The lowest BCUT2D eigenvalue weighted by molar-refractivity contribution is -0.128. The van der Waals surface area contributed by atoms with Crippen LogP contribution in [0.25, 0.3) is 10.9 Å². The number of fused-ring (bicyclic) bond motifs is 1. The fraction of sp³-hybridized carbons (Fsp3) is 0.172. The molecule has 0 fully saturated rings. The molecule has 0 aliphatic heterocycles. The number of amides is 2. The minimum atomic E-state index is -0.553. The summed E-state index contributed by atoms with van der Waals surface area (Å²) in [5, 5.41) is 7.88. The molecule has 1 heterocycles. The van der Waals surface area contributed by atoms with E-state index in [0.29, 0.717) is 27.9 Å². The predicted octanol–water partition coefficient (Wildman–Crippen LogP) is 5.33. The molecule has 0 radical (unpaired) electrons. The Balaban J connectivity index is 1.64. The summed E-state index contributed by atoms with van der Waals surface area (Å²) < 4.78 is 27.1. The Kier molecular flexibility index (Phi) is 9.22. The van der Waals surface area contributed by atoms with Crippen molar-refractivity contribution in [1.82, 2.24) is 15.3 Å². The lowest BCUT2D eigenvalue weighted by Gasteiger charge is -2.23. The van der Waals surface area contributed by atoms with Gasteiger partial charge < -0.3 is 10.2 Å². The summed E-state index contributed by atoms with van der Waals surface area (Å²) in [7, 11) is 3.37. The zero-order valence-corrected chi connectivity index (χ0v) is 22.2. The van der Waals surface area contributed by atoms with E-state index in [-0.39, 0.29) is 29.8 Å². The van der Waals surface area contributed by atoms with Crippen LogP contribution in [-0.2, 0) is 4.79 Å². The third-order valence-electron chi connectivity index (χ3n) is 5.79. The van der Waals surface area contributed by atoms with Gasteiger partial charge in [0.1, 0.15) is 11.6 Å². The van der Waals surface area contributed by atoms with Crippen molar-refractivity contribution in [3.05, 3.63) is 102 Å². The minimum absolute atomic E-state index is 0.0829. The smallest absolute Gasteiger partial charge is 0.275 e. The Morgan fingerprint density at radius 3 is 2.46 bits per heavy atom. The van der Waals surface area contributed by atoms with Gasteiger partial charge in [-0.3, -0.25) is 14.6 Å². The van der Waals surface area contributed by atoms with E-state index in [4.69, 9.17) is 0 Å². The van der Waals surface area contributed by atoms with Crippen molar-refractivity contribution in [3.63, 3.8) is 0 Å². The number of anilines is 1. The molecule has 4 rings (SSSR count). The molecule has 0 saturated heterocycles. The topological polar surface area (TPSA) is 86.7 Å². The molecule has 0 aliphatic rings.